The van der Waals surface area contributed by atoms with Crippen LogP contribution in [0, 0.1) is 0 Å². The average Bonchev–Trinajstić information content (AvgIpc) is 3.08. The van der Waals surface area contributed by atoms with E-state index in [1.165, 1.54) is 7.11 Å². The Morgan fingerprint density at radius 1 is 1.26 bits per heavy atom. The van der Waals surface area contributed by atoms with Crippen LogP contribution in [0.25, 0.3) is 0 Å². The van der Waals surface area contributed by atoms with E-state index < -0.39 is 12.0 Å². The maximum absolute atomic E-state index is 12.9. The van der Waals surface area contributed by atoms with E-state index in [1.807, 2.05) is 11.4 Å². The third-order valence-corrected chi connectivity index (χ3v) is 4.96. The number of carbonyl (C=O) groups excluding carboxylic acids is 2. The first kappa shape index (κ1) is 15.6. The van der Waals surface area contributed by atoms with Gasteiger partial charge in [0.1, 0.15) is 5.75 Å². The Balaban J connectivity index is 1.97. The van der Waals surface area contributed by atoms with Crippen LogP contribution in [0.5, 0.6) is 5.75 Å². The zero-order chi connectivity index (χ0) is 16.4. The minimum absolute atomic E-state index is 0.198. The standard InChI is InChI=1S/C17H17NO4S/c1-21-12-5-3-4-11(10-12)16(19)18-8-6-14-13(7-9-23-14)15(18)17(20)22-2/h3-5,7,9-10,15H,6,8H2,1-2H3. The fourth-order valence-corrected chi connectivity index (χ4v) is 3.73. The molecule has 0 aliphatic carbocycles. The fourth-order valence-electron chi connectivity index (χ4n) is 2.82. The Morgan fingerprint density at radius 2 is 2.09 bits per heavy atom. The molecule has 1 aromatic carbocycles. The third-order valence-electron chi connectivity index (χ3n) is 3.97. The molecule has 1 unspecified atom stereocenters. The summed E-state index contributed by atoms with van der Waals surface area (Å²) in [5.41, 5.74) is 1.36. The van der Waals surface area contributed by atoms with E-state index >= 15 is 0 Å². The van der Waals surface area contributed by atoms with Gasteiger partial charge in [-0.3, -0.25) is 4.79 Å². The summed E-state index contributed by atoms with van der Waals surface area (Å²) >= 11 is 1.61. The van der Waals surface area contributed by atoms with Crippen molar-refractivity contribution in [2.24, 2.45) is 0 Å². The van der Waals surface area contributed by atoms with Gasteiger partial charge in [0, 0.05) is 17.0 Å². The van der Waals surface area contributed by atoms with Crippen molar-refractivity contribution in [2.45, 2.75) is 12.5 Å². The van der Waals surface area contributed by atoms with Gasteiger partial charge in [-0.2, -0.15) is 0 Å². The van der Waals surface area contributed by atoms with Gasteiger partial charge in [0.05, 0.1) is 14.2 Å². The lowest BCUT2D eigenvalue weighted by Gasteiger charge is -2.34. The number of hydrogen-bond donors (Lipinski definition) is 0. The summed E-state index contributed by atoms with van der Waals surface area (Å²) in [6.45, 7) is 0.489. The molecule has 1 aliphatic rings. The molecule has 120 valence electrons. The fraction of sp³-hybridized carbons (Fsp3) is 0.294. The molecule has 0 fully saturated rings. The highest BCUT2D eigenvalue weighted by Gasteiger charge is 2.37. The lowest BCUT2D eigenvalue weighted by atomic mass is 9.98. The van der Waals surface area contributed by atoms with Crippen LogP contribution in [0.4, 0.5) is 0 Å². The Morgan fingerprint density at radius 3 is 2.83 bits per heavy atom. The van der Waals surface area contributed by atoms with E-state index in [0.717, 1.165) is 16.9 Å². The lowest BCUT2D eigenvalue weighted by molar-refractivity contribution is -0.146. The van der Waals surface area contributed by atoms with E-state index in [2.05, 4.69) is 0 Å². The molecule has 2 aromatic rings. The van der Waals surface area contributed by atoms with Crippen molar-refractivity contribution in [3.05, 3.63) is 51.7 Å². The Kier molecular flexibility index (Phi) is 4.34. The molecule has 0 spiro atoms. The largest absolute Gasteiger partial charge is 0.497 e. The Hall–Kier alpha value is -2.34. The molecule has 0 saturated carbocycles. The lowest BCUT2D eigenvalue weighted by Crippen LogP contribution is -2.43. The minimum Gasteiger partial charge on any atom is -0.497 e. The second kappa shape index (κ2) is 6.42. The second-order valence-electron chi connectivity index (χ2n) is 5.21. The molecule has 3 rings (SSSR count). The minimum atomic E-state index is -0.686. The molecule has 2 heterocycles. The van der Waals surface area contributed by atoms with Gasteiger partial charge >= 0.3 is 5.97 Å². The van der Waals surface area contributed by atoms with Crippen LogP contribution in [0.3, 0.4) is 0 Å². The molecule has 1 amide bonds. The molecule has 1 aromatic heterocycles. The highest BCUT2D eigenvalue weighted by molar-refractivity contribution is 7.10. The number of esters is 1. The number of amides is 1. The van der Waals surface area contributed by atoms with Gasteiger partial charge in [0.25, 0.3) is 5.91 Å². The SMILES string of the molecule is COC(=O)C1c2ccsc2CCN1C(=O)c1cccc(OC)c1. The highest BCUT2D eigenvalue weighted by Crippen LogP contribution is 2.35. The summed E-state index contributed by atoms with van der Waals surface area (Å²) < 4.78 is 10.1. The van der Waals surface area contributed by atoms with Gasteiger partial charge in [0.15, 0.2) is 6.04 Å². The maximum Gasteiger partial charge on any atom is 0.333 e. The third kappa shape index (κ3) is 2.82. The first-order chi connectivity index (χ1) is 11.2. The second-order valence-corrected chi connectivity index (χ2v) is 6.21. The normalized spacial score (nSPS) is 16.6. The number of benzene rings is 1. The van der Waals surface area contributed by atoms with Crippen LogP contribution in [-0.2, 0) is 16.0 Å². The molecule has 0 bridgehead atoms. The van der Waals surface area contributed by atoms with Crippen molar-refractivity contribution in [2.75, 3.05) is 20.8 Å². The van der Waals surface area contributed by atoms with Gasteiger partial charge < -0.3 is 14.4 Å². The first-order valence-electron chi connectivity index (χ1n) is 7.25. The van der Waals surface area contributed by atoms with Gasteiger partial charge in [0.2, 0.25) is 0 Å². The van der Waals surface area contributed by atoms with Gasteiger partial charge in [-0.25, -0.2) is 4.79 Å². The summed E-state index contributed by atoms with van der Waals surface area (Å²) in [5, 5.41) is 1.94. The predicted octanol–water partition coefficient (Wildman–Crippen LogP) is 2.67. The van der Waals surface area contributed by atoms with Crippen LogP contribution >= 0.6 is 11.3 Å². The first-order valence-corrected chi connectivity index (χ1v) is 8.12. The van der Waals surface area contributed by atoms with Gasteiger partial charge in [-0.1, -0.05) is 6.07 Å². The summed E-state index contributed by atoms with van der Waals surface area (Å²) in [6.07, 6.45) is 0.746. The molecule has 0 saturated heterocycles. The molecular weight excluding hydrogens is 314 g/mol. The van der Waals surface area contributed by atoms with E-state index in [-0.39, 0.29) is 5.91 Å². The molecule has 1 atom stereocenters. The topological polar surface area (TPSA) is 55.8 Å². The predicted molar refractivity (Wildman–Crippen MR) is 86.8 cm³/mol. The van der Waals surface area contributed by atoms with Gasteiger partial charge in [-0.05, 0) is 41.6 Å². The molecule has 5 nitrogen and oxygen atoms in total. The Labute approximate surface area is 138 Å². The molecule has 6 heteroatoms. The van der Waals surface area contributed by atoms with Crippen LogP contribution in [0.15, 0.2) is 35.7 Å². The van der Waals surface area contributed by atoms with Crippen LogP contribution < -0.4 is 4.74 Å². The van der Waals surface area contributed by atoms with E-state index in [0.29, 0.717) is 17.9 Å². The van der Waals surface area contributed by atoms with E-state index in [4.69, 9.17) is 9.47 Å². The van der Waals surface area contributed by atoms with E-state index in [9.17, 15) is 9.59 Å². The van der Waals surface area contributed by atoms with Crippen molar-refractivity contribution < 1.29 is 19.1 Å². The van der Waals surface area contributed by atoms with Crippen molar-refractivity contribution >= 4 is 23.2 Å². The number of fused-ring (bicyclic) bond motifs is 1. The molecular formula is C17H17NO4S. The highest BCUT2D eigenvalue weighted by atomic mass is 32.1. The smallest absolute Gasteiger partial charge is 0.333 e. The number of methoxy groups -OCH3 is 2. The number of nitrogens with zero attached hydrogens (tertiary/aromatic N) is 1. The maximum atomic E-state index is 12.9. The average molecular weight is 331 g/mol. The van der Waals surface area contributed by atoms with Gasteiger partial charge in [-0.15, -0.1) is 11.3 Å². The van der Waals surface area contributed by atoms with Crippen LogP contribution in [0.2, 0.25) is 0 Å². The number of ether oxygens (including phenoxy) is 2. The number of thiophene rings is 1. The monoisotopic (exact) mass is 331 g/mol. The summed E-state index contributed by atoms with van der Waals surface area (Å²) in [7, 11) is 2.90. The number of carbonyl (C=O) groups is 2. The molecule has 0 N–H and O–H groups in total. The van der Waals surface area contributed by atoms with Crippen molar-refractivity contribution in [3.63, 3.8) is 0 Å². The summed E-state index contributed by atoms with van der Waals surface area (Å²) in [4.78, 5) is 27.9. The molecule has 23 heavy (non-hydrogen) atoms. The quantitative estimate of drug-likeness (QED) is 0.812. The van der Waals surface area contributed by atoms with Crippen LogP contribution in [-0.4, -0.2) is 37.5 Å². The van der Waals surface area contributed by atoms with Crippen LogP contribution in [0.1, 0.15) is 26.8 Å². The zero-order valence-electron chi connectivity index (χ0n) is 12.9. The number of hydrogen-bond acceptors (Lipinski definition) is 5. The Bertz CT molecular complexity index is 740. The van der Waals surface area contributed by atoms with E-state index in [1.54, 1.807) is 47.6 Å². The summed E-state index contributed by atoms with van der Waals surface area (Å²) in [5.74, 6) is -0.00422. The molecule has 1 aliphatic heterocycles. The van der Waals surface area contributed by atoms with Crippen molar-refractivity contribution in [1.82, 2.24) is 4.90 Å². The van der Waals surface area contributed by atoms with Crippen molar-refractivity contribution in [1.29, 1.82) is 0 Å². The number of rotatable bonds is 3. The summed E-state index contributed by atoms with van der Waals surface area (Å²) in [6, 6.07) is 8.16. The molecule has 0 radical (unpaired) electrons. The van der Waals surface area contributed by atoms with Crippen molar-refractivity contribution in [3.8, 4) is 5.75 Å². The zero-order valence-corrected chi connectivity index (χ0v) is 13.8.